The molecule has 1 aromatic carbocycles. The molecule has 0 radical (unpaired) electrons. The summed E-state index contributed by atoms with van der Waals surface area (Å²) in [4.78, 5) is 34.3. The van der Waals surface area contributed by atoms with Crippen LogP contribution < -0.4 is 5.32 Å². The third-order valence-corrected chi connectivity index (χ3v) is 3.57. The summed E-state index contributed by atoms with van der Waals surface area (Å²) < 4.78 is 6.69. The lowest BCUT2D eigenvalue weighted by Gasteiger charge is -2.15. The molecule has 1 atom stereocenters. The number of nitro benzene ring substituents is 1. The Morgan fingerprint density at radius 1 is 1.30 bits per heavy atom. The molecule has 0 saturated heterocycles. The van der Waals surface area contributed by atoms with Crippen molar-refractivity contribution in [3.63, 3.8) is 0 Å². The van der Waals surface area contributed by atoms with Crippen molar-refractivity contribution in [2.75, 3.05) is 5.32 Å². The molecule has 27 heavy (non-hydrogen) atoms. The van der Waals surface area contributed by atoms with Crippen LogP contribution in [0.25, 0.3) is 6.08 Å². The Labute approximate surface area is 155 Å². The number of nitrogens with zero attached hydrogens (tertiary/aromatic N) is 3. The zero-order valence-electron chi connectivity index (χ0n) is 15.2. The maximum Gasteiger partial charge on any atom is 0.331 e. The summed E-state index contributed by atoms with van der Waals surface area (Å²) >= 11 is 0. The highest BCUT2D eigenvalue weighted by molar-refractivity contribution is 5.96. The number of ether oxygens (including phenoxy) is 1. The summed E-state index contributed by atoms with van der Waals surface area (Å²) in [6.07, 6.45) is 3.03. The van der Waals surface area contributed by atoms with E-state index in [0.717, 1.165) is 6.08 Å². The van der Waals surface area contributed by atoms with Crippen molar-refractivity contribution >= 4 is 29.5 Å². The van der Waals surface area contributed by atoms with Gasteiger partial charge in [0.2, 0.25) is 0 Å². The van der Waals surface area contributed by atoms with E-state index in [9.17, 15) is 19.7 Å². The summed E-state index contributed by atoms with van der Waals surface area (Å²) in [6, 6.07) is 7.51. The van der Waals surface area contributed by atoms with Crippen LogP contribution in [0.15, 0.2) is 42.6 Å². The van der Waals surface area contributed by atoms with Crippen LogP contribution in [0.5, 0.6) is 0 Å². The Hall–Kier alpha value is -3.49. The molecule has 0 fully saturated rings. The van der Waals surface area contributed by atoms with Crippen LogP contribution in [0.3, 0.4) is 0 Å². The highest BCUT2D eigenvalue weighted by atomic mass is 16.6. The number of esters is 1. The molecule has 0 spiro atoms. The van der Waals surface area contributed by atoms with Gasteiger partial charge in [0.05, 0.1) is 11.1 Å². The van der Waals surface area contributed by atoms with E-state index in [0.29, 0.717) is 11.4 Å². The highest BCUT2D eigenvalue weighted by Crippen LogP contribution is 2.15. The van der Waals surface area contributed by atoms with Gasteiger partial charge in [-0.25, -0.2) is 9.48 Å². The predicted molar refractivity (Wildman–Crippen MR) is 98.9 cm³/mol. The monoisotopic (exact) mass is 372 g/mol. The van der Waals surface area contributed by atoms with Crippen LogP contribution in [0.2, 0.25) is 0 Å². The second-order valence-electron chi connectivity index (χ2n) is 6.01. The van der Waals surface area contributed by atoms with Crippen molar-refractivity contribution in [1.82, 2.24) is 9.78 Å². The average molecular weight is 372 g/mol. The minimum Gasteiger partial charge on any atom is -0.449 e. The van der Waals surface area contributed by atoms with E-state index in [1.165, 1.54) is 31.2 Å². The first-order chi connectivity index (χ1) is 12.8. The van der Waals surface area contributed by atoms with Crippen LogP contribution in [-0.4, -0.2) is 32.7 Å². The van der Waals surface area contributed by atoms with Gasteiger partial charge in [-0.15, -0.1) is 0 Å². The van der Waals surface area contributed by atoms with Gasteiger partial charge in [0.15, 0.2) is 6.10 Å². The molecule has 9 heteroatoms. The molecule has 0 aliphatic rings. The number of carbonyl (C=O) groups excluding carboxylic acids is 2. The first-order valence-corrected chi connectivity index (χ1v) is 8.25. The number of nitrogens with one attached hydrogen (secondary N) is 1. The Kier molecular flexibility index (Phi) is 6.42. The van der Waals surface area contributed by atoms with Gasteiger partial charge < -0.3 is 10.1 Å². The molecule has 0 saturated carbocycles. The van der Waals surface area contributed by atoms with E-state index in [4.69, 9.17) is 4.74 Å². The summed E-state index contributed by atoms with van der Waals surface area (Å²) in [5.74, 6) is -0.721. The fourth-order valence-corrected chi connectivity index (χ4v) is 2.23. The van der Waals surface area contributed by atoms with Gasteiger partial charge in [-0.1, -0.05) is 12.1 Å². The van der Waals surface area contributed by atoms with E-state index in [2.05, 4.69) is 10.4 Å². The summed E-state index contributed by atoms with van der Waals surface area (Å²) in [7, 11) is 0. The second kappa shape index (κ2) is 8.75. The van der Waals surface area contributed by atoms with Crippen molar-refractivity contribution in [1.29, 1.82) is 0 Å². The highest BCUT2D eigenvalue weighted by Gasteiger charge is 2.18. The predicted octanol–water partition coefficient (Wildman–Crippen LogP) is 2.96. The van der Waals surface area contributed by atoms with Gasteiger partial charge in [-0.3, -0.25) is 14.9 Å². The fourth-order valence-electron chi connectivity index (χ4n) is 2.23. The summed E-state index contributed by atoms with van der Waals surface area (Å²) in [5.41, 5.74) is 0.388. The van der Waals surface area contributed by atoms with Crippen molar-refractivity contribution in [2.24, 2.45) is 0 Å². The molecule has 1 N–H and O–H groups in total. The topological polar surface area (TPSA) is 116 Å². The third-order valence-electron chi connectivity index (χ3n) is 3.57. The number of hydrogen-bond donors (Lipinski definition) is 1. The van der Waals surface area contributed by atoms with E-state index >= 15 is 0 Å². The standard InChI is InChI=1S/C18H20N4O5/c1-12(2)21-16(9-10-19-21)20-18(24)13(3)27-17(23)8-7-14-5-4-6-15(11-14)22(25)26/h4-13H,1-3H3,(H,20,24)/b8-7+/t13-/m1/s1. The van der Waals surface area contributed by atoms with E-state index < -0.39 is 22.9 Å². The maximum atomic E-state index is 12.2. The first kappa shape index (κ1) is 19.8. The lowest BCUT2D eigenvalue weighted by Crippen LogP contribution is -2.30. The maximum absolute atomic E-state index is 12.2. The van der Waals surface area contributed by atoms with Crippen molar-refractivity contribution in [2.45, 2.75) is 32.9 Å². The second-order valence-corrected chi connectivity index (χ2v) is 6.01. The summed E-state index contributed by atoms with van der Waals surface area (Å²) in [5, 5.41) is 17.5. The molecular formula is C18H20N4O5. The van der Waals surface area contributed by atoms with Crippen LogP contribution >= 0.6 is 0 Å². The normalized spacial score (nSPS) is 12.1. The van der Waals surface area contributed by atoms with Gasteiger partial charge in [0, 0.05) is 30.3 Å². The lowest BCUT2D eigenvalue weighted by atomic mass is 10.2. The Balaban J connectivity index is 1.94. The molecule has 2 aromatic rings. The van der Waals surface area contributed by atoms with Crippen molar-refractivity contribution in [3.05, 3.63) is 58.3 Å². The van der Waals surface area contributed by atoms with Crippen LogP contribution in [-0.2, 0) is 14.3 Å². The third kappa shape index (κ3) is 5.50. The number of rotatable bonds is 7. The van der Waals surface area contributed by atoms with E-state index in [1.807, 2.05) is 13.8 Å². The van der Waals surface area contributed by atoms with Crippen LogP contribution in [0.4, 0.5) is 11.5 Å². The number of non-ortho nitro benzene ring substituents is 1. The number of nitro groups is 1. The molecule has 9 nitrogen and oxygen atoms in total. The van der Waals surface area contributed by atoms with Gasteiger partial charge in [-0.05, 0) is 32.4 Å². The first-order valence-electron chi connectivity index (χ1n) is 8.25. The zero-order chi connectivity index (χ0) is 20.0. The quantitative estimate of drug-likeness (QED) is 0.346. The molecule has 142 valence electrons. The molecule has 0 bridgehead atoms. The number of hydrogen-bond acceptors (Lipinski definition) is 6. The molecule has 1 amide bonds. The van der Waals surface area contributed by atoms with Crippen LogP contribution in [0.1, 0.15) is 32.4 Å². The van der Waals surface area contributed by atoms with Crippen molar-refractivity contribution in [3.8, 4) is 0 Å². The molecule has 1 aromatic heterocycles. The molecule has 0 aliphatic carbocycles. The zero-order valence-corrected chi connectivity index (χ0v) is 15.2. The fraction of sp³-hybridized carbons (Fsp3) is 0.278. The minimum absolute atomic E-state index is 0.0611. The van der Waals surface area contributed by atoms with E-state index in [-0.39, 0.29) is 11.7 Å². The largest absolute Gasteiger partial charge is 0.449 e. The van der Waals surface area contributed by atoms with E-state index in [1.54, 1.807) is 23.0 Å². The van der Waals surface area contributed by atoms with Crippen LogP contribution in [0, 0.1) is 10.1 Å². The Morgan fingerprint density at radius 3 is 2.70 bits per heavy atom. The number of carbonyl (C=O) groups is 2. The number of anilines is 1. The van der Waals surface area contributed by atoms with Crippen molar-refractivity contribution < 1.29 is 19.2 Å². The smallest absolute Gasteiger partial charge is 0.331 e. The minimum atomic E-state index is -1.03. The number of aromatic nitrogens is 2. The van der Waals surface area contributed by atoms with Gasteiger partial charge in [-0.2, -0.15) is 5.10 Å². The average Bonchev–Trinajstić information content (AvgIpc) is 3.08. The molecule has 0 aliphatic heterocycles. The van der Waals surface area contributed by atoms with Gasteiger partial charge >= 0.3 is 5.97 Å². The number of amides is 1. The molecule has 2 rings (SSSR count). The number of benzene rings is 1. The molecule has 0 unspecified atom stereocenters. The Bertz CT molecular complexity index is 872. The SMILES string of the molecule is CC(C)n1nccc1NC(=O)[C@@H](C)OC(=O)/C=C/c1cccc([N+](=O)[O-])c1. The molecular weight excluding hydrogens is 352 g/mol. The van der Waals surface area contributed by atoms with Gasteiger partial charge in [0.25, 0.3) is 11.6 Å². The molecule has 1 heterocycles. The lowest BCUT2D eigenvalue weighted by molar-refractivity contribution is -0.384. The Morgan fingerprint density at radius 2 is 2.04 bits per heavy atom. The van der Waals surface area contributed by atoms with Gasteiger partial charge in [0.1, 0.15) is 5.82 Å². The summed E-state index contributed by atoms with van der Waals surface area (Å²) in [6.45, 7) is 5.29.